The van der Waals surface area contributed by atoms with Crippen LogP contribution in [0.1, 0.15) is 25.3 Å². The Kier molecular flexibility index (Phi) is 6.21. The molecule has 4 heteroatoms. The lowest BCUT2D eigenvalue weighted by molar-refractivity contribution is 0.834. The second-order valence-corrected chi connectivity index (χ2v) is 5.80. The summed E-state index contributed by atoms with van der Waals surface area (Å²) in [6.45, 7) is 3.87. The molecular weight excluding hydrogens is 303 g/mol. The molecule has 2 aromatic carbocycles. The molecule has 0 amide bonds. The van der Waals surface area contributed by atoms with Gasteiger partial charge in [0.2, 0.25) is 0 Å². The standard InChI is InChI=1S/C17H20Cl2N2/c1-2-3-10-20-17-9-4-13(11-16(17)19)12-21-15-7-5-14(18)6-8-15/h4-9,11,20-21H,2-3,10,12H2,1H3. The number of unbranched alkanes of at least 4 members (excludes halogenated alkanes) is 1. The Morgan fingerprint density at radius 2 is 1.71 bits per heavy atom. The van der Waals surface area contributed by atoms with Crippen LogP contribution in [0.2, 0.25) is 10.0 Å². The largest absolute Gasteiger partial charge is 0.384 e. The maximum Gasteiger partial charge on any atom is 0.0640 e. The third-order valence-electron chi connectivity index (χ3n) is 3.22. The fraction of sp³-hybridized carbons (Fsp3) is 0.294. The van der Waals surface area contributed by atoms with E-state index in [1.165, 1.54) is 6.42 Å². The van der Waals surface area contributed by atoms with Gasteiger partial charge in [0, 0.05) is 23.8 Å². The van der Waals surface area contributed by atoms with Gasteiger partial charge < -0.3 is 10.6 Å². The number of hydrogen-bond donors (Lipinski definition) is 2. The predicted octanol–water partition coefficient (Wildman–Crippen LogP) is 5.82. The molecule has 0 fully saturated rings. The molecule has 0 aliphatic carbocycles. The van der Waals surface area contributed by atoms with Crippen LogP contribution >= 0.6 is 23.2 Å². The molecule has 2 N–H and O–H groups in total. The van der Waals surface area contributed by atoms with E-state index in [1.54, 1.807) is 0 Å². The van der Waals surface area contributed by atoms with E-state index in [2.05, 4.69) is 23.6 Å². The van der Waals surface area contributed by atoms with E-state index in [0.717, 1.165) is 46.5 Å². The Morgan fingerprint density at radius 3 is 2.38 bits per heavy atom. The zero-order chi connectivity index (χ0) is 15.1. The molecular formula is C17H20Cl2N2. The Bertz CT molecular complexity index is 568. The molecule has 2 aromatic rings. The van der Waals surface area contributed by atoms with Gasteiger partial charge in [-0.15, -0.1) is 0 Å². The first-order chi connectivity index (χ1) is 10.2. The van der Waals surface area contributed by atoms with Gasteiger partial charge in [-0.3, -0.25) is 0 Å². The lowest BCUT2D eigenvalue weighted by Gasteiger charge is -2.11. The quantitative estimate of drug-likeness (QED) is 0.628. The first kappa shape index (κ1) is 16.0. The van der Waals surface area contributed by atoms with Crippen LogP contribution in [0.5, 0.6) is 0 Å². The van der Waals surface area contributed by atoms with Crippen molar-refractivity contribution in [3.8, 4) is 0 Å². The van der Waals surface area contributed by atoms with E-state index in [9.17, 15) is 0 Å². The summed E-state index contributed by atoms with van der Waals surface area (Å²) < 4.78 is 0. The molecule has 21 heavy (non-hydrogen) atoms. The van der Waals surface area contributed by atoms with Gasteiger partial charge in [0.25, 0.3) is 0 Å². The lowest BCUT2D eigenvalue weighted by Crippen LogP contribution is -2.03. The summed E-state index contributed by atoms with van der Waals surface area (Å²) in [5, 5.41) is 8.21. The van der Waals surface area contributed by atoms with Crippen molar-refractivity contribution in [1.82, 2.24) is 0 Å². The Morgan fingerprint density at radius 1 is 0.952 bits per heavy atom. The van der Waals surface area contributed by atoms with Crippen molar-refractivity contribution in [2.75, 3.05) is 17.2 Å². The monoisotopic (exact) mass is 322 g/mol. The summed E-state index contributed by atoms with van der Waals surface area (Å²) in [7, 11) is 0. The zero-order valence-corrected chi connectivity index (χ0v) is 13.6. The fourth-order valence-corrected chi connectivity index (χ4v) is 2.38. The van der Waals surface area contributed by atoms with Crippen molar-refractivity contribution < 1.29 is 0 Å². The second-order valence-electron chi connectivity index (χ2n) is 4.95. The molecule has 0 unspecified atom stereocenters. The van der Waals surface area contributed by atoms with E-state index in [1.807, 2.05) is 36.4 Å². The number of benzene rings is 2. The molecule has 0 spiro atoms. The van der Waals surface area contributed by atoms with Gasteiger partial charge in [-0.2, -0.15) is 0 Å². The molecule has 2 rings (SSSR count). The highest BCUT2D eigenvalue weighted by atomic mass is 35.5. The molecule has 0 atom stereocenters. The summed E-state index contributed by atoms with van der Waals surface area (Å²) in [6.07, 6.45) is 2.32. The van der Waals surface area contributed by atoms with Crippen molar-refractivity contribution in [3.63, 3.8) is 0 Å². The second kappa shape index (κ2) is 8.16. The van der Waals surface area contributed by atoms with Crippen molar-refractivity contribution in [2.24, 2.45) is 0 Å². The van der Waals surface area contributed by atoms with Gasteiger partial charge in [-0.1, -0.05) is 42.6 Å². The first-order valence-corrected chi connectivity index (χ1v) is 7.96. The molecule has 0 heterocycles. The SMILES string of the molecule is CCCCNc1ccc(CNc2ccc(Cl)cc2)cc1Cl. The molecule has 0 aliphatic rings. The Hall–Kier alpha value is -1.38. The molecule has 0 aliphatic heterocycles. The van der Waals surface area contributed by atoms with E-state index in [4.69, 9.17) is 23.2 Å². The average molecular weight is 323 g/mol. The van der Waals surface area contributed by atoms with Crippen LogP contribution in [-0.2, 0) is 6.54 Å². The average Bonchev–Trinajstić information content (AvgIpc) is 2.49. The van der Waals surface area contributed by atoms with Crippen molar-refractivity contribution in [2.45, 2.75) is 26.3 Å². The van der Waals surface area contributed by atoms with Crippen molar-refractivity contribution in [1.29, 1.82) is 0 Å². The highest BCUT2D eigenvalue weighted by Gasteiger charge is 2.02. The van der Waals surface area contributed by atoms with Crippen LogP contribution in [0.3, 0.4) is 0 Å². The van der Waals surface area contributed by atoms with Gasteiger partial charge >= 0.3 is 0 Å². The number of nitrogens with one attached hydrogen (secondary N) is 2. The predicted molar refractivity (Wildman–Crippen MR) is 93.6 cm³/mol. The number of hydrogen-bond acceptors (Lipinski definition) is 2. The van der Waals surface area contributed by atoms with Gasteiger partial charge in [0.15, 0.2) is 0 Å². The van der Waals surface area contributed by atoms with Crippen LogP contribution in [0.25, 0.3) is 0 Å². The molecule has 0 radical (unpaired) electrons. The minimum atomic E-state index is 0.733. The number of anilines is 2. The highest BCUT2D eigenvalue weighted by Crippen LogP contribution is 2.24. The molecule has 112 valence electrons. The Labute approximate surface area is 136 Å². The Balaban J connectivity index is 1.92. The molecule has 0 bridgehead atoms. The third-order valence-corrected chi connectivity index (χ3v) is 3.78. The molecule has 0 saturated carbocycles. The number of rotatable bonds is 7. The molecule has 0 aromatic heterocycles. The summed E-state index contributed by atoms with van der Waals surface area (Å²) in [4.78, 5) is 0. The van der Waals surface area contributed by atoms with Crippen LogP contribution in [-0.4, -0.2) is 6.54 Å². The van der Waals surface area contributed by atoms with E-state index >= 15 is 0 Å². The van der Waals surface area contributed by atoms with E-state index in [-0.39, 0.29) is 0 Å². The van der Waals surface area contributed by atoms with Crippen molar-refractivity contribution >= 4 is 34.6 Å². The van der Waals surface area contributed by atoms with Crippen LogP contribution in [0.15, 0.2) is 42.5 Å². The van der Waals surface area contributed by atoms with Crippen LogP contribution in [0, 0.1) is 0 Å². The lowest BCUT2D eigenvalue weighted by atomic mass is 10.2. The summed E-state index contributed by atoms with van der Waals surface area (Å²) in [6, 6.07) is 13.8. The molecule has 0 saturated heterocycles. The van der Waals surface area contributed by atoms with E-state index in [0.29, 0.717) is 0 Å². The minimum Gasteiger partial charge on any atom is -0.384 e. The normalized spacial score (nSPS) is 10.4. The fourth-order valence-electron chi connectivity index (χ4n) is 1.98. The summed E-state index contributed by atoms with van der Waals surface area (Å²) in [5.74, 6) is 0. The smallest absolute Gasteiger partial charge is 0.0640 e. The van der Waals surface area contributed by atoms with Gasteiger partial charge in [0.05, 0.1) is 10.7 Å². The number of halogens is 2. The van der Waals surface area contributed by atoms with Gasteiger partial charge in [0.1, 0.15) is 0 Å². The first-order valence-electron chi connectivity index (χ1n) is 7.21. The van der Waals surface area contributed by atoms with Crippen LogP contribution in [0.4, 0.5) is 11.4 Å². The zero-order valence-electron chi connectivity index (χ0n) is 12.1. The summed E-state index contributed by atoms with van der Waals surface area (Å²) >= 11 is 12.2. The van der Waals surface area contributed by atoms with Gasteiger partial charge in [-0.25, -0.2) is 0 Å². The highest BCUT2D eigenvalue weighted by molar-refractivity contribution is 6.33. The van der Waals surface area contributed by atoms with E-state index < -0.39 is 0 Å². The van der Waals surface area contributed by atoms with Gasteiger partial charge in [-0.05, 0) is 48.4 Å². The maximum absolute atomic E-state index is 6.30. The van der Waals surface area contributed by atoms with Crippen molar-refractivity contribution in [3.05, 3.63) is 58.1 Å². The maximum atomic E-state index is 6.30. The van der Waals surface area contributed by atoms with Crippen LogP contribution < -0.4 is 10.6 Å². The third kappa shape index (κ3) is 5.14. The molecule has 2 nitrogen and oxygen atoms in total. The topological polar surface area (TPSA) is 24.1 Å². The minimum absolute atomic E-state index is 0.733. The summed E-state index contributed by atoms with van der Waals surface area (Å²) in [5.41, 5.74) is 3.19.